The van der Waals surface area contributed by atoms with Crippen LogP contribution in [0.5, 0.6) is 0 Å². The van der Waals surface area contributed by atoms with Crippen LogP contribution in [0.1, 0.15) is 0 Å². The highest BCUT2D eigenvalue weighted by molar-refractivity contribution is 5.95. The molecular weight excluding hydrogens is 306 g/mol. The number of aromatic nitrogens is 6. The Morgan fingerprint density at radius 2 is 2.12 bits per heavy atom. The topological polar surface area (TPSA) is 93.5 Å². The van der Waals surface area contributed by atoms with Crippen LogP contribution in [0.2, 0.25) is 0 Å². The van der Waals surface area contributed by atoms with Crippen molar-refractivity contribution in [2.75, 3.05) is 25.6 Å². The molecule has 0 radical (unpaired) electrons. The van der Waals surface area contributed by atoms with Crippen LogP contribution < -0.4 is 5.32 Å². The van der Waals surface area contributed by atoms with E-state index in [9.17, 15) is 0 Å². The standard InChI is InChI=1S/C16H17N7O/c1-23-16-12(9-19-23)14(17-6-7-24-2)20-15(21-16)10-4-3-5-13-11(10)8-18-22-13/h3-5,8-9H,6-7H2,1-2H3,(H,18,22)(H,17,20,21). The summed E-state index contributed by atoms with van der Waals surface area (Å²) < 4.78 is 6.85. The van der Waals surface area contributed by atoms with Gasteiger partial charge in [-0.05, 0) is 6.07 Å². The molecule has 24 heavy (non-hydrogen) atoms. The van der Waals surface area contributed by atoms with Gasteiger partial charge in [0.25, 0.3) is 0 Å². The lowest BCUT2D eigenvalue weighted by molar-refractivity contribution is 0.210. The molecule has 2 N–H and O–H groups in total. The number of H-pyrrole nitrogens is 1. The van der Waals surface area contributed by atoms with Gasteiger partial charge in [-0.25, -0.2) is 9.97 Å². The molecule has 3 aromatic heterocycles. The molecule has 8 nitrogen and oxygen atoms in total. The summed E-state index contributed by atoms with van der Waals surface area (Å²) in [6.07, 6.45) is 3.56. The van der Waals surface area contributed by atoms with Gasteiger partial charge in [0, 0.05) is 31.7 Å². The van der Waals surface area contributed by atoms with Crippen molar-refractivity contribution in [3.63, 3.8) is 0 Å². The molecule has 0 aliphatic heterocycles. The summed E-state index contributed by atoms with van der Waals surface area (Å²) in [4.78, 5) is 9.41. The molecule has 4 rings (SSSR count). The largest absolute Gasteiger partial charge is 0.383 e. The van der Waals surface area contributed by atoms with Crippen molar-refractivity contribution >= 4 is 27.8 Å². The van der Waals surface area contributed by atoms with Crippen LogP contribution in [0.3, 0.4) is 0 Å². The highest BCUT2D eigenvalue weighted by atomic mass is 16.5. The minimum Gasteiger partial charge on any atom is -0.383 e. The van der Waals surface area contributed by atoms with Gasteiger partial charge in [0.15, 0.2) is 11.5 Å². The quantitative estimate of drug-likeness (QED) is 0.545. The second-order valence-electron chi connectivity index (χ2n) is 5.46. The summed E-state index contributed by atoms with van der Waals surface area (Å²) in [6.45, 7) is 1.26. The number of anilines is 1. The van der Waals surface area contributed by atoms with Crippen LogP contribution in [0.25, 0.3) is 33.3 Å². The van der Waals surface area contributed by atoms with E-state index in [1.807, 2.05) is 25.2 Å². The molecule has 0 amide bonds. The number of aryl methyl sites for hydroxylation is 1. The van der Waals surface area contributed by atoms with Crippen LogP contribution >= 0.6 is 0 Å². The molecule has 8 heteroatoms. The zero-order valence-electron chi connectivity index (χ0n) is 13.4. The summed E-state index contributed by atoms with van der Waals surface area (Å²) in [7, 11) is 3.54. The number of aromatic amines is 1. The molecule has 0 saturated carbocycles. The van der Waals surface area contributed by atoms with E-state index in [4.69, 9.17) is 14.7 Å². The monoisotopic (exact) mass is 323 g/mol. The number of ether oxygens (including phenoxy) is 1. The maximum atomic E-state index is 5.10. The van der Waals surface area contributed by atoms with E-state index in [-0.39, 0.29) is 0 Å². The third kappa shape index (κ3) is 2.37. The van der Waals surface area contributed by atoms with Crippen molar-refractivity contribution in [2.24, 2.45) is 7.05 Å². The van der Waals surface area contributed by atoms with Gasteiger partial charge in [-0.1, -0.05) is 12.1 Å². The van der Waals surface area contributed by atoms with Gasteiger partial charge in [0.2, 0.25) is 0 Å². The van der Waals surface area contributed by atoms with Crippen molar-refractivity contribution in [3.8, 4) is 11.4 Å². The molecule has 0 unspecified atom stereocenters. The van der Waals surface area contributed by atoms with Crippen LogP contribution in [-0.2, 0) is 11.8 Å². The van der Waals surface area contributed by atoms with Crippen molar-refractivity contribution in [1.82, 2.24) is 29.9 Å². The normalized spacial score (nSPS) is 11.4. The molecule has 0 aliphatic rings. The molecule has 0 saturated heterocycles. The first-order chi connectivity index (χ1) is 11.8. The van der Waals surface area contributed by atoms with Gasteiger partial charge in [-0.3, -0.25) is 9.78 Å². The molecule has 1 aromatic carbocycles. The second kappa shape index (κ2) is 5.89. The molecule has 0 spiro atoms. The molecule has 0 fully saturated rings. The Bertz CT molecular complexity index is 1000. The maximum Gasteiger partial charge on any atom is 0.164 e. The Balaban J connectivity index is 1.89. The van der Waals surface area contributed by atoms with Gasteiger partial charge >= 0.3 is 0 Å². The third-order valence-corrected chi connectivity index (χ3v) is 3.92. The molecule has 0 aliphatic carbocycles. The summed E-state index contributed by atoms with van der Waals surface area (Å²) in [6, 6.07) is 5.94. The van der Waals surface area contributed by atoms with E-state index in [2.05, 4.69) is 20.6 Å². The van der Waals surface area contributed by atoms with Gasteiger partial charge in [0.05, 0.1) is 29.9 Å². The zero-order valence-corrected chi connectivity index (χ0v) is 13.4. The van der Waals surface area contributed by atoms with Crippen LogP contribution in [-0.4, -0.2) is 50.2 Å². The lowest BCUT2D eigenvalue weighted by atomic mass is 10.1. The Hall–Kier alpha value is -3.00. The molecule has 122 valence electrons. The first-order valence-corrected chi connectivity index (χ1v) is 7.63. The Kier molecular flexibility index (Phi) is 3.58. The average Bonchev–Trinajstić information content (AvgIpc) is 3.22. The van der Waals surface area contributed by atoms with E-state index < -0.39 is 0 Å². The van der Waals surface area contributed by atoms with Gasteiger partial charge in [-0.2, -0.15) is 10.2 Å². The van der Waals surface area contributed by atoms with Gasteiger partial charge in [0.1, 0.15) is 5.82 Å². The SMILES string of the molecule is COCCNc1nc(-c2cccc3[nH]ncc23)nc2c1cnn2C. The summed E-state index contributed by atoms with van der Waals surface area (Å²) in [5.74, 6) is 1.39. The van der Waals surface area contributed by atoms with Gasteiger partial charge in [-0.15, -0.1) is 0 Å². The number of hydrogen-bond acceptors (Lipinski definition) is 6. The predicted octanol–water partition coefficient (Wildman–Crippen LogP) is 1.96. The number of fused-ring (bicyclic) bond motifs is 2. The highest BCUT2D eigenvalue weighted by Crippen LogP contribution is 2.28. The number of benzene rings is 1. The third-order valence-electron chi connectivity index (χ3n) is 3.92. The predicted molar refractivity (Wildman–Crippen MR) is 91.8 cm³/mol. The van der Waals surface area contributed by atoms with E-state index in [0.29, 0.717) is 19.0 Å². The average molecular weight is 323 g/mol. The van der Waals surface area contributed by atoms with E-state index in [1.165, 1.54) is 0 Å². The number of nitrogens with zero attached hydrogens (tertiary/aromatic N) is 5. The highest BCUT2D eigenvalue weighted by Gasteiger charge is 2.14. The zero-order chi connectivity index (χ0) is 16.5. The summed E-state index contributed by atoms with van der Waals surface area (Å²) in [5, 5.41) is 16.6. The molecular formula is C16H17N7O. The fraction of sp³-hybridized carbons (Fsp3) is 0.250. The van der Waals surface area contributed by atoms with Crippen molar-refractivity contribution in [1.29, 1.82) is 0 Å². The van der Waals surface area contributed by atoms with Crippen molar-refractivity contribution in [2.45, 2.75) is 0 Å². The number of methoxy groups -OCH3 is 1. The van der Waals surface area contributed by atoms with Gasteiger partial charge < -0.3 is 10.1 Å². The lowest BCUT2D eigenvalue weighted by Gasteiger charge is -2.09. The molecule has 0 bridgehead atoms. The number of hydrogen-bond donors (Lipinski definition) is 2. The molecule has 0 atom stereocenters. The minimum atomic E-state index is 0.596. The summed E-state index contributed by atoms with van der Waals surface area (Å²) in [5.41, 5.74) is 2.66. The van der Waals surface area contributed by atoms with Crippen molar-refractivity contribution < 1.29 is 4.74 Å². The first kappa shape index (κ1) is 14.6. The minimum absolute atomic E-state index is 0.596. The maximum absolute atomic E-state index is 5.10. The Labute approximate surface area is 137 Å². The van der Waals surface area contributed by atoms with Crippen LogP contribution in [0.4, 0.5) is 5.82 Å². The smallest absolute Gasteiger partial charge is 0.164 e. The Morgan fingerprint density at radius 1 is 1.21 bits per heavy atom. The lowest BCUT2D eigenvalue weighted by Crippen LogP contribution is -2.10. The van der Waals surface area contributed by atoms with Crippen LogP contribution in [0.15, 0.2) is 30.6 Å². The number of nitrogens with one attached hydrogen (secondary N) is 2. The van der Waals surface area contributed by atoms with E-state index in [0.717, 1.165) is 33.3 Å². The molecule has 3 heterocycles. The summed E-state index contributed by atoms with van der Waals surface area (Å²) >= 11 is 0. The fourth-order valence-corrected chi connectivity index (χ4v) is 2.71. The van der Waals surface area contributed by atoms with E-state index in [1.54, 1.807) is 24.2 Å². The second-order valence-corrected chi connectivity index (χ2v) is 5.46. The number of rotatable bonds is 5. The first-order valence-electron chi connectivity index (χ1n) is 7.63. The molecule has 4 aromatic rings. The Morgan fingerprint density at radius 3 is 3.00 bits per heavy atom. The van der Waals surface area contributed by atoms with Crippen molar-refractivity contribution in [3.05, 3.63) is 30.6 Å². The van der Waals surface area contributed by atoms with Crippen LogP contribution in [0, 0.1) is 0 Å². The van der Waals surface area contributed by atoms with E-state index >= 15 is 0 Å². The fourth-order valence-electron chi connectivity index (χ4n) is 2.71.